The summed E-state index contributed by atoms with van der Waals surface area (Å²) in [7, 11) is 0. The van der Waals surface area contributed by atoms with Crippen LogP contribution in [0.1, 0.15) is 57.6 Å². The molecule has 2 rings (SSSR count). The molecule has 1 amide bonds. The molecule has 5 heteroatoms. The van der Waals surface area contributed by atoms with E-state index >= 15 is 0 Å². The molecule has 0 aliphatic heterocycles. The van der Waals surface area contributed by atoms with E-state index in [-0.39, 0.29) is 11.3 Å². The van der Waals surface area contributed by atoms with Crippen LogP contribution in [0.15, 0.2) is 18.2 Å². The molecule has 1 aliphatic carbocycles. The van der Waals surface area contributed by atoms with Gasteiger partial charge in [0.15, 0.2) is 5.78 Å². The maximum atomic E-state index is 14.4. The molecule has 0 aromatic heterocycles. The Labute approximate surface area is 136 Å². The molecule has 0 saturated heterocycles. The van der Waals surface area contributed by atoms with E-state index in [2.05, 4.69) is 5.32 Å². The summed E-state index contributed by atoms with van der Waals surface area (Å²) in [6, 6.07) is 4.62. The lowest BCUT2D eigenvalue weighted by molar-refractivity contribution is -0.128. The van der Waals surface area contributed by atoms with Crippen LogP contribution in [0.2, 0.25) is 0 Å². The normalized spacial score (nSPS) is 21.9. The van der Waals surface area contributed by atoms with Gasteiger partial charge < -0.3 is 10.1 Å². The summed E-state index contributed by atoms with van der Waals surface area (Å²) in [6.07, 6.45) is 1.50. The highest BCUT2D eigenvalue weighted by atomic mass is 19.1. The van der Waals surface area contributed by atoms with Crippen molar-refractivity contribution in [3.8, 4) is 0 Å². The van der Waals surface area contributed by atoms with Crippen LogP contribution in [0, 0.1) is 12.7 Å². The monoisotopic (exact) mass is 321 g/mol. The van der Waals surface area contributed by atoms with Gasteiger partial charge in [-0.2, -0.15) is 0 Å². The molecule has 1 aliphatic rings. The Balaban J connectivity index is 2.43. The van der Waals surface area contributed by atoms with Gasteiger partial charge in [0.2, 0.25) is 0 Å². The summed E-state index contributed by atoms with van der Waals surface area (Å²) in [5.74, 6) is -0.652. The van der Waals surface area contributed by atoms with Gasteiger partial charge in [0.05, 0.1) is 0 Å². The van der Waals surface area contributed by atoms with Crippen LogP contribution in [-0.4, -0.2) is 17.5 Å². The Morgan fingerprint density at radius 1 is 1.30 bits per heavy atom. The first kappa shape index (κ1) is 17.4. The number of carbonyl (C=O) groups excluding carboxylic acids is 2. The van der Waals surface area contributed by atoms with E-state index in [4.69, 9.17) is 4.74 Å². The summed E-state index contributed by atoms with van der Waals surface area (Å²) in [6.45, 7) is 7.07. The number of rotatable bonds is 2. The predicted octanol–water partition coefficient (Wildman–Crippen LogP) is 4.00. The molecule has 0 spiro atoms. The zero-order valence-corrected chi connectivity index (χ0v) is 14.2. The number of aryl methyl sites for hydroxylation is 1. The van der Waals surface area contributed by atoms with Crippen LogP contribution in [0.4, 0.5) is 9.18 Å². The standard InChI is InChI=1S/C18H24FNO3/c1-12-8-9-14(19)13(11-12)18(10-6-5-7-15(18)21)20-16(22)23-17(2,3)4/h8-9,11H,5-7,10H2,1-4H3,(H,20,22). The fraction of sp³-hybridized carbons (Fsp3) is 0.556. The summed E-state index contributed by atoms with van der Waals surface area (Å²) < 4.78 is 19.7. The number of amides is 1. The van der Waals surface area contributed by atoms with Crippen molar-refractivity contribution in [3.63, 3.8) is 0 Å². The summed E-state index contributed by atoms with van der Waals surface area (Å²) in [5, 5.41) is 2.67. The summed E-state index contributed by atoms with van der Waals surface area (Å²) >= 11 is 0. The van der Waals surface area contributed by atoms with Crippen LogP contribution >= 0.6 is 0 Å². The summed E-state index contributed by atoms with van der Waals surface area (Å²) in [4.78, 5) is 24.9. The highest BCUT2D eigenvalue weighted by Gasteiger charge is 2.45. The van der Waals surface area contributed by atoms with Crippen molar-refractivity contribution >= 4 is 11.9 Å². The molecule has 0 heterocycles. The van der Waals surface area contributed by atoms with E-state index < -0.39 is 23.1 Å². The third kappa shape index (κ3) is 3.89. The third-order valence-electron chi connectivity index (χ3n) is 3.98. The van der Waals surface area contributed by atoms with E-state index in [1.165, 1.54) is 6.07 Å². The first-order valence-electron chi connectivity index (χ1n) is 7.95. The molecular formula is C18H24FNO3. The minimum Gasteiger partial charge on any atom is -0.444 e. The zero-order valence-electron chi connectivity index (χ0n) is 14.2. The van der Waals surface area contributed by atoms with Gasteiger partial charge in [-0.25, -0.2) is 9.18 Å². The quantitative estimate of drug-likeness (QED) is 0.896. The largest absolute Gasteiger partial charge is 0.444 e. The van der Waals surface area contributed by atoms with Gasteiger partial charge in [0, 0.05) is 12.0 Å². The van der Waals surface area contributed by atoms with Crippen molar-refractivity contribution in [2.75, 3.05) is 0 Å². The van der Waals surface area contributed by atoms with Gasteiger partial charge in [0.1, 0.15) is 17.0 Å². The lowest BCUT2D eigenvalue weighted by atomic mass is 9.75. The number of hydrogen-bond donors (Lipinski definition) is 1. The number of ketones is 1. The van der Waals surface area contributed by atoms with E-state index in [1.54, 1.807) is 32.9 Å². The molecule has 0 radical (unpaired) electrons. The smallest absolute Gasteiger partial charge is 0.408 e. The minimum absolute atomic E-state index is 0.167. The molecule has 1 unspecified atom stereocenters. The van der Waals surface area contributed by atoms with Gasteiger partial charge in [-0.1, -0.05) is 17.7 Å². The second kappa shape index (κ2) is 6.30. The highest BCUT2D eigenvalue weighted by molar-refractivity contribution is 5.93. The first-order chi connectivity index (χ1) is 10.6. The zero-order chi connectivity index (χ0) is 17.3. The Morgan fingerprint density at radius 2 is 2.00 bits per heavy atom. The molecule has 1 atom stereocenters. The van der Waals surface area contributed by atoms with E-state index in [1.807, 2.05) is 6.92 Å². The van der Waals surface area contributed by atoms with Crippen molar-refractivity contribution in [3.05, 3.63) is 35.1 Å². The number of ether oxygens (including phenoxy) is 1. The Morgan fingerprint density at radius 3 is 2.61 bits per heavy atom. The van der Waals surface area contributed by atoms with Gasteiger partial charge in [-0.3, -0.25) is 4.79 Å². The SMILES string of the molecule is Cc1ccc(F)c(C2(NC(=O)OC(C)(C)C)CCCCC2=O)c1. The van der Waals surface area contributed by atoms with Crippen molar-refractivity contribution in [1.29, 1.82) is 0 Å². The van der Waals surface area contributed by atoms with Crippen molar-refractivity contribution < 1.29 is 18.7 Å². The number of benzene rings is 1. The van der Waals surface area contributed by atoms with Crippen LogP contribution in [0.5, 0.6) is 0 Å². The molecular weight excluding hydrogens is 297 g/mol. The van der Waals surface area contributed by atoms with Crippen molar-refractivity contribution in [2.45, 2.75) is 64.5 Å². The number of hydrogen-bond acceptors (Lipinski definition) is 3. The fourth-order valence-electron chi connectivity index (χ4n) is 2.96. The van der Waals surface area contributed by atoms with Crippen LogP contribution in [0.3, 0.4) is 0 Å². The average Bonchev–Trinajstić information content (AvgIpc) is 2.42. The highest BCUT2D eigenvalue weighted by Crippen LogP contribution is 2.36. The topological polar surface area (TPSA) is 55.4 Å². The average molecular weight is 321 g/mol. The van der Waals surface area contributed by atoms with Crippen molar-refractivity contribution in [1.82, 2.24) is 5.32 Å². The van der Waals surface area contributed by atoms with E-state index in [0.29, 0.717) is 12.8 Å². The fourth-order valence-corrected chi connectivity index (χ4v) is 2.96. The maximum Gasteiger partial charge on any atom is 0.408 e. The second-order valence-corrected chi connectivity index (χ2v) is 7.15. The number of halogens is 1. The Kier molecular flexibility index (Phi) is 4.78. The molecule has 1 fully saturated rings. The van der Waals surface area contributed by atoms with Gasteiger partial charge in [-0.05, 0) is 53.0 Å². The van der Waals surface area contributed by atoms with Gasteiger partial charge >= 0.3 is 6.09 Å². The van der Waals surface area contributed by atoms with Crippen LogP contribution in [-0.2, 0) is 15.1 Å². The molecule has 1 aromatic rings. The Bertz CT molecular complexity index is 621. The lowest BCUT2D eigenvalue weighted by Gasteiger charge is -2.37. The number of Topliss-reactive ketones (excluding diaryl/α,β-unsaturated/α-hetero) is 1. The molecule has 1 N–H and O–H groups in total. The van der Waals surface area contributed by atoms with Gasteiger partial charge in [-0.15, -0.1) is 0 Å². The van der Waals surface area contributed by atoms with Gasteiger partial charge in [0.25, 0.3) is 0 Å². The summed E-state index contributed by atoms with van der Waals surface area (Å²) in [5.41, 5.74) is -0.955. The van der Waals surface area contributed by atoms with E-state index in [9.17, 15) is 14.0 Å². The molecule has 1 saturated carbocycles. The minimum atomic E-state index is -1.34. The first-order valence-corrected chi connectivity index (χ1v) is 7.95. The molecule has 4 nitrogen and oxygen atoms in total. The van der Waals surface area contributed by atoms with Crippen LogP contribution in [0.25, 0.3) is 0 Å². The molecule has 1 aromatic carbocycles. The third-order valence-corrected chi connectivity index (χ3v) is 3.98. The molecule has 0 bridgehead atoms. The van der Waals surface area contributed by atoms with Crippen molar-refractivity contribution in [2.24, 2.45) is 0 Å². The lowest BCUT2D eigenvalue weighted by Crippen LogP contribution is -2.54. The Hall–Kier alpha value is -1.91. The second-order valence-electron chi connectivity index (χ2n) is 7.15. The number of alkyl carbamates (subject to hydrolysis) is 1. The predicted molar refractivity (Wildman–Crippen MR) is 85.7 cm³/mol. The maximum absolute atomic E-state index is 14.4. The van der Waals surface area contributed by atoms with E-state index in [0.717, 1.165) is 18.4 Å². The number of nitrogens with one attached hydrogen (secondary N) is 1. The number of carbonyl (C=O) groups is 2. The molecule has 23 heavy (non-hydrogen) atoms. The molecule has 126 valence electrons. The van der Waals surface area contributed by atoms with Crippen LogP contribution < -0.4 is 5.32 Å².